The van der Waals surface area contributed by atoms with E-state index < -0.39 is 0 Å². The average Bonchev–Trinajstić information content (AvgIpc) is 2.83. The summed E-state index contributed by atoms with van der Waals surface area (Å²) in [5, 5.41) is 8.54. The molecule has 1 aliphatic carbocycles. The minimum atomic E-state index is 0.529. The zero-order valence-corrected chi connectivity index (χ0v) is 12.0. The molecule has 3 rings (SSSR count). The van der Waals surface area contributed by atoms with Crippen LogP contribution in [0.5, 0.6) is 0 Å². The highest BCUT2D eigenvalue weighted by Gasteiger charge is 2.16. The summed E-state index contributed by atoms with van der Waals surface area (Å²) in [6, 6.07) is 2.40. The van der Waals surface area contributed by atoms with Crippen LogP contribution in [0, 0.1) is 0 Å². The number of hydrogen-bond donors (Lipinski definition) is 1. The summed E-state index contributed by atoms with van der Waals surface area (Å²) in [5.74, 6) is 0.960. The summed E-state index contributed by atoms with van der Waals surface area (Å²) < 4.78 is 1.87. The fraction of sp³-hybridized carbons (Fsp3) is 0.571. The summed E-state index contributed by atoms with van der Waals surface area (Å²) in [6.45, 7) is 2.10. The molecular formula is C14H19ClN4. The molecular weight excluding hydrogens is 260 g/mol. The highest BCUT2D eigenvalue weighted by atomic mass is 35.5. The molecule has 0 aliphatic heterocycles. The molecule has 0 spiro atoms. The number of anilines is 1. The monoisotopic (exact) mass is 278 g/mol. The molecule has 102 valence electrons. The molecule has 4 nitrogen and oxygen atoms in total. The third-order valence-corrected chi connectivity index (χ3v) is 4.05. The molecule has 1 N–H and O–H groups in total. The number of nitrogens with zero attached hydrogens (tertiary/aromatic N) is 3. The lowest BCUT2D eigenvalue weighted by Crippen LogP contribution is -2.23. The van der Waals surface area contributed by atoms with Crippen LogP contribution in [0.2, 0.25) is 5.15 Å². The first-order chi connectivity index (χ1) is 9.28. The summed E-state index contributed by atoms with van der Waals surface area (Å²) in [7, 11) is 0. The van der Waals surface area contributed by atoms with E-state index in [0.717, 1.165) is 23.4 Å². The number of aromatic nitrogens is 3. The van der Waals surface area contributed by atoms with Gasteiger partial charge in [-0.2, -0.15) is 9.61 Å². The molecule has 19 heavy (non-hydrogen) atoms. The summed E-state index contributed by atoms with van der Waals surface area (Å²) >= 11 is 6.14. The lowest BCUT2D eigenvalue weighted by molar-refractivity contribution is 0.461. The molecule has 0 unspecified atom stereocenters. The normalized spacial score (nSPS) is 16.9. The highest BCUT2D eigenvalue weighted by molar-refractivity contribution is 6.29. The number of rotatable bonds is 3. The van der Waals surface area contributed by atoms with E-state index in [0.29, 0.717) is 11.2 Å². The molecule has 2 aromatic rings. The van der Waals surface area contributed by atoms with E-state index in [1.54, 1.807) is 0 Å². The molecule has 0 atom stereocenters. The maximum absolute atomic E-state index is 6.14. The lowest BCUT2D eigenvalue weighted by Gasteiger charge is -2.24. The van der Waals surface area contributed by atoms with Crippen molar-refractivity contribution < 1.29 is 0 Å². The average molecular weight is 279 g/mol. The number of halogens is 1. The van der Waals surface area contributed by atoms with Crippen molar-refractivity contribution in [3.05, 3.63) is 23.0 Å². The molecule has 2 aromatic heterocycles. The van der Waals surface area contributed by atoms with Crippen molar-refractivity contribution in [2.24, 2.45) is 0 Å². The number of nitrogens with one attached hydrogen (secondary N) is 1. The van der Waals surface area contributed by atoms with Crippen LogP contribution < -0.4 is 5.32 Å². The quantitative estimate of drug-likeness (QED) is 0.871. The van der Waals surface area contributed by atoms with E-state index in [-0.39, 0.29) is 0 Å². The van der Waals surface area contributed by atoms with E-state index in [9.17, 15) is 0 Å². The summed E-state index contributed by atoms with van der Waals surface area (Å²) in [4.78, 5) is 4.39. The Kier molecular flexibility index (Phi) is 3.60. The van der Waals surface area contributed by atoms with E-state index in [1.807, 2.05) is 16.8 Å². The minimum Gasteiger partial charge on any atom is -0.367 e. The van der Waals surface area contributed by atoms with Gasteiger partial charge >= 0.3 is 0 Å². The van der Waals surface area contributed by atoms with Gasteiger partial charge in [-0.1, -0.05) is 37.8 Å². The Morgan fingerprint density at radius 3 is 2.89 bits per heavy atom. The van der Waals surface area contributed by atoms with Gasteiger partial charge in [0.1, 0.15) is 11.0 Å². The molecule has 5 heteroatoms. The van der Waals surface area contributed by atoms with Crippen LogP contribution in [0.4, 0.5) is 5.82 Å². The van der Waals surface area contributed by atoms with Gasteiger partial charge in [0, 0.05) is 17.7 Å². The van der Waals surface area contributed by atoms with Crippen molar-refractivity contribution in [2.75, 3.05) is 5.32 Å². The lowest BCUT2D eigenvalue weighted by atomic mass is 9.95. The molecule has 0 aromatic carbocycles. The van der Waals surface area contributed by atoms with E-state index in [2.05, 4.69) is 22.3 Å². The SMILES string of the molecule is CCc1cnn2c(NC3CCCCC3)cc(Cl)nc12. The minimum absolute atomic E-state index is 0.529. The Morgan fingerprint density at radius 1 is 1.37 bits per heavy atom. The van der Waals surface area contributed by atoms with E-state index in [1.165, 1.54) is 32.1 Å². The van der Waals surface area contributed by atoms with Crippen LogP contribution >= 0.6 is 11.6 Å². The van der Waals surface area contributed by atoms with Crippen LogP contribution in [0.1, 0.15) is 44.6 Å². The fourth-order valence-electron chi connectivity index (χ4n) is 2.79. The zero-order valence-electron chi connectivity index (χ0n) is 11.2. The maximum atomic E-state index is 6.14. The van der Waals surface area contributed by atoms with Crippen molar-refractivity contribution in [3.63, 3.8) is 0 Å². The largest absolute Gasteiger partial charge is 0.367 e. The second kappa shape index (κ2) is 5.37. The molecule has 0 saturated heterocycles. The number of hydrogen-bond acceptors (Lipinski definition) is 3. The van der Waals surface area contributed by atoms with Gasteiger partial charge < -0.3 is 5.32 Å². The number of fused-ring (bicyclic) bond motifs is 1. The van der Waals surface area contributed by atoms with E-state index >= 15 is 0 Å². The van der Waals surface area contributed by atoms with Gasteiger partial charge in [-0.05, 0) is 19.3 Å². The van der Waals surface area contributed by atoms with E-state index in [4.69, 9.17) is 11.6 Å². The fourth-order valence-corrected chi connectivity index (χ4v) is 2.97. The van der Waals surface area contributed by atoms with Crippen molar-refractivity contribution in [2.45, 2.75) is 51.5 Å². The van der Waals surface area contributed by atoms with Gasteiger partial charge in [-0.3, -0.25) is 0 Å². The van der Waals surface area contributed by atoms with Crippen molar-refractivity contribution in [1.82, 2.24) is 14.6 Å². The molecule has 2 heterocycles. The van der Waals surface area contributed by atoms with Gasteiger partial charge in [0.15, 0.2) is 5.65 Å². The van der Waals surface area contributed by atoms with Crippen LogP contribution in [-0.2, 0) is 6.42 Å². The highest BCUT2D eigenvalue weighted by Crippen LogP contribution is 2.24. The molecule has 0 amide bonds. The van der Waals surface area contributed by atoms with Gasteiger partial charge in [0.05, 0.1) is 6.20 Å². The smallest absolute Gasteiger partial charge is 0.162 e. The topological polar surface area (TPSA) is 42.2 Å². The van der Waals surface area contributed by atoms with Crippen LogP contribution in [0.15, 0.2) is 12.3 Å². The molecule has 1 aliphatic rings. The van der Waals surface area contributed by atoms with Gasteiger partial charge in [-0.15, -0.1) is 0 Å². The van der Waals surface area contributed by atoms with Gasteiger partial charge in [-0.25, -0.2) is 4.98 Å². The predicted octanol–water partition coefficient (Wildman–Crippen LogP) is 3.69. The molecule has 1 saturated carbocycles. The third kappa shape index (κ3) is 2.54. The van der Waals surface area contributed by atoms with Crippen molar-refractivity contribution >= 4 is 23.1 Å². The van der Waals surface area contributed by atoms with Crippen molar-refractivity contribution in [3.8, 4) is 0 Å². The second-order valence-electron chi connectivity index (χ2n) is 5.20. The molecule has 0 radical (unpaired) electrons. The van der Waals surface area contributed by atoms with Crippen LogP contribution in [0.25, 0.3) is 5.65 Å². The Labute approximate surface area is 118 Å². The van der Waals surface area contributed by atoms with Crippen LogP contribution in [0.3, 0.4) is 0 Å². The third-order valence-electron chi connectivity index (χ3n) is 3.85. The standard InChI is InChI=1S/C14H19ClN4/c1-2-10-9-16-19-13(8-12(15)18-14(10)19)17-11-6-4-3-5-7-11/h8-9,11,17H,2-7H2,1H3. The Bertz CT molecular complexity index is 572. The maximum Gasteiger partial charge on any atom is 0.162 e. The first-order valence-corrected chi connectivity index (χ1v) is 7.45. The van der Waals surface area contributed by atoms with Crippen molar-refractivity contribution in [1.29, 1.82) is 0 Å². The first kappa shape index (κ1) is 12.7. The van der Waals surface area contributed by atoms with Gasteiger partial charge in [0.2, 0.25) is 0 Å². The Morgan fingerprint density at radius 2 is 2.16 bits per heavy atom. The zero-order chi connectivity index (χ0) is 13.2. The summed E-state index contributed by atoms with van der Waals surface area (Å²) in [6.07, 6.45) is 9.21. The molecule has 1 fully saturated rings. The first-order valence-electron chi connectivity index (χ1n) is 7.07. The Balaban J connectivity index is 1.95. The predicted molar refractivity (Wildman–Crippen MR) is 77.9 cm³/mol. The summed E-state index contributed by atoms with van der Waals surface area (Å²) in [5.41, 5.74) is 2.00. The Hall–Kier alpha value is -1.29. The molecule has 0 bridgehead atoms. The number of aryl methyl sites for hydroxylation is 1. The van der Waals surface area contributed by atoms with Gasteiger partial charge in [0.25, 0.3) is 0 Å². The van der Waals surface area contributed by atoms with Crippen LogP contribution in [-0.4, -0.2) is 20.6 Å². The second-order valence-corrected chi connectivity index (χ2v) is 5.59.